The van der Waals surface area contributed by atoms with Crippen LogP contribution >= 0.6 is 34.5 Å². The molecule has 0 radical (unpaired) electrons. The Labute approximate surface area is 214 Å². The third-order valence-corrected chi connectivity index (χ3v) is 6.71. The minimum Gasteiger partial charge on any atom is -0.481 e. The van der Waals surface area contributed by atoms with Gasteiger partial charge >= 0.3 is 5.97 Å². The van der Waals surface area contributed by atoms with E-state index < -0.39 is 11.9 Å². The number of anilines is 1. The lowest BCUT2D eigenvalue weighted by Gasteiger charge is -2.13. The van der Waals surface area contributed by atoms with Crippen molar-refractivity contribution < 1.29 is 14.7 Å². The molecular weight excluding hydrogens is 493 g/mol. The lowest BCUT2D eigenvalue weighted by atomic mass is 9.98. The van der Waals surface area contributed by atoms with Gasteiger partial charge in [0.15, 0.2) is 5.13 Å². The molecule has 0 aliphatic carbocycles. The molecule has 0 amide bonds. The molecule has 0 saturated heterocycles. The van der Waals surface area contributed by atoms with Crippen LogP contribution in [0.3, 0.4) is 0 Å². The molecule has 182 valence electrons. The van der Waals surface area contributed by atoms with E-state index >= 15 is 0 Å². The Hall–Kier alpha value is -2.45. The summed E-state index contributed by atoms with van der Waals surface area (Å²) in [4.78, 5) is 28.5. The summed E-state index contributed by atoms with van der Waals surface area (Å²) in [5.74, 6) is -1.09. The highest BCUT2D eigenvalue weighted by molar-refractivity contribution is 7.16. The van der Waals surface area contributed by atoms with Crippen LogP contribution in [-0.2, 0) is 17.6 Å². The lowest BCUT2D eigenvalue weighted by Crippen LogP contribution is -2.25. The Kier molecular flexibility index (Phi) is 11.0. The second-order valence-electron chi connectivity index (χ2n) is 8.00. The van der Waals surface area contributed by atoms with Gasteiger partial charge in [0, 0.05) is 22.5 Å². The Bertz CT molecular complexity index is 1100. The van der Waals surface area contributed by atoms with E-state index in [2.05, 4.69) is 24.9 Å². The number of hydrogen-bond acceptors (Lipinski definition) is 6. The van der Waals surface area contributed by atoms with E-state index in [-0.39, 0.29) is 6.54 Å². The fourth-order valence-corrected chi connectivity index (χ4v) is 4.78. The van der Waals surface area contributed by atoms with Crippen molar-refractivity contribution in [1.29, 1.82) is 0 Å². The van der Waals surface area contributed by atoms with Gasteiger partial charge in [0.25, 0.3) is 0 Å². The predicted octanol–water partition coefficient (Wildman–Crippen LogP) is 6.06. The number of nitrogens with zero attached hydrogens (tertiary/aromatic N) is 1. The van der Waals surface area contributed by atoms with E-state index in [1.54, 1.807) is 36.4 Å². The summed E-state index contributed by atoms with van der Waals surface area (Å²) in [5, 5.41) is 14.5. The van der Waals surface area contributed by atoms with Crippen LogP contribution in [-0.4, -0.2) is 35.9 Å². The molecule has 1 atom stereocenters. The zero-order valence-electron chi connectivity index (χ0n) is 19.3. The number of thiazole rings is 1. The highest BCUT2D eigenvalue weighted by Crippen LogP contribution is 2.35. The molecule has 0 bridgehead atoms. The van der Waals surface area contributed by atoms with E-state index in [0.29, 0.717) is 33.1 Å². The molecular formula is C25H29Cl2N3O3S. The molecule has 2 aromatic carbocycles. The fourth-order valence-electron chi connectivity index (χ4n) is 3.28. The van der Waals surface area contributed by atoms with Gasteiger partial charge in [-0.05, 0) is 43.5 Å². The van der Waals surface area contributed by atoms with Crippen LogP contribution in [0.5, 0.6) is 0 Å². The summed E-state index contributed by atoms with van der Waals surface area (Å²) in [6.07, 6.45) is 1.97. The van der Waals surface area contributed by atoms with Gasteiger partial charge in [0.05, 0.1) is 21.7 Å². The van der Waals surface area contributed by atoms with Gasteiger partial charge < -0.3 is 16.2 Å². The van der Waals surface area contributed by atoms with E-state index in [1.807, 2.05) is 6.07 Å². The fraction of sp³-hybridized carbons (Fsp3) is 0.320. The number of nitrogens with one attached hydrogen (secondary N) is 1. The first-order chi connectivity index (χ1) is 16.3. The van der Waals surface area contributed by atoms with Crippen molar-refractivity contribution >= 4 is 51.9 Å². The first-order valence-electron chi connectivity index (χ1n) is 10.8. The summed E-state index contributed by atoms with van der Waals surface area (Å²) in [5.41, 5.74) is 7.64. The Morgan fingerprint density at radius 3 is 2.35 bits per heavy atom. The molecule has 3 rings (SSSR count). The molecule has 1 heterocycles. The molecule has 3 aromatic rings. The molecule has 0 aliphatic heterocycles. The molecule has 0 aliphatic rings. The molecule has 1 unspecified atom stereocenters. The number of nitrogens with two attached hydrogens (primary N) is 1. The average molecular weight is 522 g/mol. The van der Waals surface area contributed by atoms with Gasteiger partial charge in [-0.25, -0.2) is 4.98 Å². The van der Waals surface area contributed by atoms with Crippen LogP contribution in [0, 0.1) is 11.8 Å². The first-order valence-corrected chi connectivity index (χ1v) is 12.4. The topological polar surface area (TPSA) is 105 Å². The lowest BCUT2D eigenvalue weighted by molar-refractivity contribution is -0.141. The number of carboxylic acid groups (broad SMARTS) is 1. The first kappa shape index (κ1) is 27.8. The van der Waals surface area contributed by atoms with Crippen molar-refractivity contribution in [2.75, 3.05) is 18.9 Å². The zero-order valence-corrected chi connectivity index (χ0v) is 21.7. The number of benzene rings is 2. The molecule has 34 heavy (non-hydrogen) atoms. The van der Waals surface area contributed by atoms with Gasteiger partial charge in [-0.1, -0.05) is 67.4 Å². The normalized spacial score (nSPS) is 11.5. The number of aldehydes is 1. The van der Waals surface area contributed by atoms with Crippen molar-refractivity contribution in [3.63, 3.8) is 0 Å². The van der Waals surface area contributed by atoms with Crippen molar-refractivity contribution in [2.24, 2.45) is 17.6 Å². The quantitative estimate of drug-likeness (QED) is 0.280. The highest BCUT2D eigenvalue weighted by atomic mass is 35.5. The predicted molar refractivity (Wildman–Crippen MR) is 141 cm³/mol. The third-order valence-electron chi connectivity index (χ3n) is 4.93. The van der Waals surface area contributed by atoms with Gasteiger partial charge in [0.1, 0.15) is 6.29 Å². The Morgan fingerprint density at radius 2 is 1.79 bits per heavy atom. The summed E-state index contributed by atoms with van der Waals surface area (Å²) in [7, 11) is 1.50. The molecule has 6 nitrogen and oxygen atoms in total. The van der Waals surface area contributed by atoms with E-state index in [4.69, 9.17) is 28.2 Å². The number of carboxylic acids is 1. The average Bonchev–Trinajstić information content (AvgIpc) is 3.21. The summed E-state index contributed by atoms with van der Waals surface area (Å²) in [6.45, 7) is 4.52. The number of aliphatic carboxylic acids is 1. The maximum Gasteiger partial charge on any atom is 0.308 e. The summed E-state index contributed by atoms with van der Waals surface area (Å²) >= 11 is 13.8. The Balaban J connectivity index is 0.00000199. The van der Waals surface area contributed by atoms with Crippen LogP contribution < -0.4 is 11.1 Å². The highest BCUT2D eigenvalue weighted by Gasteiger charge is 2.20. The minimum atomic E-state index is -0.888. The molecule has 9 heteroatoms. The molecule has 1 aromatic heterocycles. The monoisotopic (exact) mass is 521 g/mol. The number of aromatic nitrogens is 1. The molecule has 0 spiro atoms. The molecule has 0 saturated carbocycles. The largest absolute Gasteiger partial charge is 0.481 e. The van der Waals surface area contributed by atoms with Crippen LogP contribution in [0.25, 0.3) is 11.3 Å². The van der Waals surface area contributed by atoms with Crippen molar-refractivity contribution in [1.82, 2.24) is 4.98 Å². The molecule has 0 fully saturated rings. The van der Waals surface area contributed by atoms with Crippen LogP contribution in [0.1, 0.15) is 34.6 Å². The number of rotatable bonds is 10. The van der Waals surface area contributed by atoms with E-state index in [0.717, 1.165) is 34.4 Å². The number of halogens is 2. The third kappa shape index (κ3) is 7.81. The van der Waals surface area contributed by atoms with Gasteiger partial charge in [-0.15, -0.1) is 11.3 Å². The number of hydrogen-bond donors (Lipinski definition) is 3. The number of carbonyl (C=O) groups excluding carboxylic acids is 1. The smallest absolute Gasteiger partial charge is 0.308 e. The Morgan fingerprint density at radius 1 is 1.12 bits per heavy atom. The maximum atomic E-state index is 11.8. The van der Waals surface area contributed by atoms with Gasteiger partial charge in [-0.3, -0.25) is 9.59 Å². The van der Waals surface area contributed by atoms with Crippen LogP contribution in [0.2, 0.25) is 10.0 Å². The van der Waals surface area contributed by atoms with Crippen molar-refractivity contribution in [2.45, 2.75) is 26.7 Å². The van der Waals surface area contributed by atoms with E-state index in [9.17, 15) is 14.7 Å². The van der Waals surface area contributed by atoms with Gasteiger partial charge in [-0.2, -0.15) is 0 Å². The van der Waals surface area contributed by atoms with Crippen molar-refractivity contribution in [3.8, 4) is 11.3 Å². The second-order valence-corrected chi connectivity index (χ2v) is 9.90. The zero-order chi connectivity index (χ0) is 25.3. The van der Waals surface area contributed by atoms with Crippen molar-refractivity contribution in [3.05, 3.63) is 68.5 Å². The molecule has 4 N–H and O–H groups in total. The summed E-state index contributed by atoms with van der Waals surface area (Å²) < 4.78 is 0. The van der Waals surface area contributed by atoms with Crippen LogP contribution in [0.4, 0.5) is 5.13 Å². The van der Waals surface area contributed by atoms with Gasteiger partial charge in [0.2, 0.25) is 0 Å². The maximum absolute atomic E-state index is 11.8. The van der Waals surface area contributed by atoms with E-state index in [1.165, 1.54) is 18.4 Å². The number of carbonyl (C=O) groups is 2. The SMILES string of the molecule is CC(C)Cc1sc(NCC(Cc2ccc(C=O)cc2)C(=O)O)nc1-c1ccc(Cl)c(Cl)c1.CN. The summed E-state index contributed by atoms with van der Waals surface area (Å²) in [6, 6.07) is 12.4. The standard InChI is InChI=1S/C24H24Cl2N2O3S.CH5N/c1-14(2)9-21-22(17-7-8-19(25)20(26)11-17)28-24(32-21)27-12-18(23(30)31)10-15-3-5-16(13-29)6-4-15;1-2/h3-8,11,13-14,18H,9-10,12H2,1-2H3,(H,27,28)(H,30,31);2H2,1H3. The minimum absolute atomic E-state index is 0.236. The van der Waals surface area contributed by atoms with Crippen LogP contribution in [0.15, 0.2) is 42.5 Å². The second kappa shape index (κ2) is 13.4.